The fourth-order valence-electron chi connectivity index (χ4n) is 1.93. The molecule has 0 fully saturated rings. The Morgan fingerprint density at radius 2 is 2.14 bits per heavy atom. The highest BCUT2D eigenvalue weighted by molar-refractivity contribution is 7.47. The summed E-state index contributed by atoms with van der Waals surface area (Å²) < 4.78 is 33.3. The number of aromatic nitrogens is 2. The molecule has 1 heterocycles. The van der Waals surface area contributed by atoms with Crippen LogP contribution in [0.4, 0.5) is 8.78 Å². The van der Waals surface area contributed by atoms with Crippen LogP contribution >= 0.6 is 8.58 Å². The molecule has 0 aliphatic heterocycles. The van der Waals surface area contributed by atoms with Gasteiger partial charge < -0.3 is 4.74 Å². The molecule has 1 aromatic carbocycles. The van der Waals surface area contributed by atoms with E-state index in [0.29, 0.717) is 17.7 Å². The largest absolute Gasteiger partial charge is 0.465 e. The standard InChI is InChI=1S/C15H17F2N2O2P/c1-3-6-21-15(20)9-22-14-8-13(19(2)18-14)11-5-4-10(16)7-12(11)17/h4-5,7-8,22H,3,6,9H2,1-2H3. The van der Waals surface area contributed by atoms with E-state index in [4.69, 9.17) is 4.74 Å². The molecule has 22 heavy (non-hydrogen) atoms. The van der Waals surface area contributed by atoms with Crippen LogP contribution in [0.3, 0.4) is 0 Å². The van der Waals surface area contributed by atoms with Gasteiger partial charge in [0.25, 0.3) is 0 Å². The zero-order valence-corrected chi connectivity index (χ0v) is 13.4. The number of halogens is 2. The number of esters is 1. The summed E-state index contributed by atoms with van der Waals surface area (Å²) >= 11 is 0. The molecule has 4 nitrogen and oxygen atoms in total. The SMILES string of the molecule is CCCOC(=O)CPc1cc(-c2ccc(F)cc2F)n(C)n1. The van der Waals surface area contributed by atoms with E-state index in [1.165, 1.54) is 16.8 Å². The molecule has 0 N–H and O–H groups in total. The Kier molecular flexibility index (Phi) is 5.61. The molecule has 1 unspecified atom stereocenters. The van der Waals surface area contributed by atoms with Gasteiger partial charge in [-0.25, -0.2) is 8.78 Å². The third-order valence-electron chi connectivity index (χ3n) is 2.97. The zero-order valence-electron chi connectivity index (χ0n) is 12.4. The average Bonchev–Trinajstić information content (AvgIpc) is 2.84. The van der Waals surface area contributed by atoms with Crippen molar-refractivity contribution in [2.24, 2.45) is 7.05 Å². The highest BCUT2D eigenvalue weighted by Crippen LogP contribution is 2.23. The van der Waals surface area contributed by atoms with Gasteiger partial charge in [-0.05, 0) is 24.6 Å². The van der Waals surface area contributed by atoms with E-state index < -0.39 is 11.6 Å². The molecule has 0 saturated carbocycles. The molecule has 0 saturated heterocycles. The summed E-state index contributed by atoms with van der Waals surface area (Å²) in [6, 6.07) is 5.13. The van der Waals surface area contributed by atoms with Crippen LogP contribution < -0.4 is 5.44 Å². The first-order valence-corrected chi connectivity index (χ1v) is 8.11. The number of rotatable bonds is 6. The molecule has 0 aliphatic carbocycles. The Labute approximate surface area is 129 Å². The second-order valence-corrected chi connectivity index (χ2v) is 5.96. The molecule has 1 atom stereocenters. The van der Waals surface area contributed by atoms with Gasteiger partial charge in [0.2, 0.25) is 0 Å². The van der Waals surface area contributed by atoms with Gasteiger partial charge in [0, 0.05) is 18.7 Å². The van der Waals surface area contributed by atoms with Crippen LogP contribution in [-0.4, -0.2) is 28.5 Å². The van der Waals surface area contributed by atoms with Gasteiger partial charge in [0.05, 0.1) is 23.9 Å². The van der Waals surface area contributed by atoms with Crippen LogP contribution in [-0.2, 0) is 16.6 Å². The van der Waals surface area contributed by atoms with Crippen molar-refractivity contribution in [1.29, 1.82) is 0 Å². The summed E-state index contributed by atoms with van der Waals surface area (Å²) in [7, 11) is 1.83. The normalized spacial score (nSPS) is 11.3. The Balaban J connectivity index is 2.09. The van der Waals surface area contributed by atoms with Gasteiger partial charge in [-0.3, -0.25) is 9.48 Å². The molecule has 7 heteroatoms. The number of hydrogen-bond donors (Lipinski definition) is 0. The number of hydrogen-bond acceptors (Lipinski definition) is 3. The summed E-state index contributed by atoms with van der Waals surface area (Å²) in [5.74, 6) is -1.52. The van der Waals surface area contributed by atoms with Crippen molar-refractivity contribution in [2.75, 3.05) is 12.8 Å². The van der Waals surface area contributed by atoms with Crippen LogP contribution in [0.5, 0.6) is 0 Å². The van der Waals surface area contributed by atoms with E-state index in [2.05, 4.69) is 5.10 Å². The highest BCUT2D eigenvalue weighted by Gasteiger charge is 2.13. The lowest BCUT2D eigenvalue weighted by Gasteiger charge is -2.03. The maximum absolute atomic E-state index is 13.8. The van der Waals surface area contributed by atoms with E-state index in [1.807, 2.05) is 6.92 Å². The fraction of sp³-hybridized carbons (Fsp3) is 0.333. The van der Waals surface area contributed by atoms with Crippen LogP contribution in [0, 0.1) is 11.6 Å². The van der Waals surface area contributed by atoms with Gasteiger partial charge >= 0.3 is 5.97 Å². The first kappa shape index (κ1) is 16.6. The number of benzene rings is 1. The molecule has 2 rings (SSSR count). The first-order valence-electron chi connectivity index (χ1n) is 6.90. The molecular weight excluding hydrogens is 309 g/mol. The fourth-order valence-corrected chi connectivity index (χ4v) is 2.82. The first-order chi connectivity index (χ1) is 10.5. The lowest BCUT2D eigenvalue weighted by Crippen LogP contribution is -2.10. The average molecular weight is 326 g/mol. The molecular formula is C15H17F2N2O2P. The molecule has 0 aliphatic rings. The van der Waals surface area contributed by atoms with Crippen molar-refractivity contribution >= 4 is 20.0 Å². The summed E-state index contributed by atoms with van der Waals surface area (Å²) in [5, 5.41) is 4.26. The highest BCUT2D eigenvalue weighted by atomic mass is 31.1. The quantitative estimate of drug-likeness (QED) is 0.605. The minimum Gasteiger partial charge on any atom is -0.465 e. The Morgan fingerprint density at radius 3 is 2.82 bits per heavy atom. The van der Waals surface area contributed by atoms with Crippen LogP contribution in [0.1, 0.15) is 13.3 Å². The second-order valence-electron chi connectivity index (χ2n) is 4.74. The minimum atomic E-state index is -0.639. The lowest BCUT2D eigenvalue weighted by molar-refractivity contribution is -0.140. The van der Waals surface area contributed by atoms with E-state index in [9.17, 15) is 13.6 Å². The monoisotopic (exact) mass is 326 g/mol. The zero-order chi connectivity index (χ0) is 16.1. The third-order valence-corrected chi connectivity index (χ3v) is 4.04. The summed E-state index contributed by atoms with van der Waals surface area (Å²) in [5.41, 5.74) is 1.51. The van der Waals surface area contributed by atoms with Crippen LogP contribution in [0.2, 0.25) is 0 Å². The maximum atomic E-state index is 13.8. The predicted molar refractivity (Wildman–Crippen MR) is 82.6 cm³/mol. The Bertz CT molecular complexity index is 674. The van der Waals surface area contributed by atoms with Gasteiger partial charge in [0.15, 0.2) is 0 Å². The van der Waals surface area contributed by atoms with E-state index in [0.717, 1.165) is 12.5 Å². The summed E-state index contributed by atoms with van der Waals surface area (Å²) in [4.78, 5) is 11.5. The molecule has 0 spiro atoms. The van der Waals surface area contributed by atoms with Gasteiger partial charge in [0.1, 0.15) is 11.6 Å². The van der Waals surface area contributed by atoms with Crippen molar-refractivity contribution in [3.05, 3.63) is 35.9 Å². The lowest BCUT2D eigenvalue weighted by atomic mass is 10.1. The second kappa shape index (κ2) is 7.45. The Hall–Kier alpha value is -1.81. The molecule has 0 amide bonds. The Morgan fingerprint density at radius 1 is 1.36 bits per heavy atom. The number of carbonyl (C=O) groups is 1. The number of carbonyl (C=O) groups excluding carboxylic acids is 1. The van der Waals surface area contributed by atoms with Gasteiger partial charge in [-0.2, -0.15) is 5.10 Å². The maximum Gasteiger partial charge on any atom is 0.310 e. The van der Waals surface area contributed by atoms with Crippen molar-refractivity contribution in [3.8, 4) is 11.3 Å². The smallest absolute Gasteiger partial charge is 0.310 e. The van der Waals surface area contributed by atoms with E-state index in [-0.39, 0.29) is 26.3 Å². The van der Waals surface area contributed by atoms with Crippen LogP contribution in [0.15, 0.2) is 24.3 Å². The van der Waals surface area contributed by atoms with Gasteiger partial charge in [-0.1, -0.05) is 15.5 Å². The van der Waals surface area contributed by atoms with E-state index in [1.54, 1.807) is 13.1 Å². The van der Waals surface area contributed by atoms with E-state index >= 15 is 0 Å². The summed E-state index contributed by atoms with van der Waals surface area (Å²) in [6.45, 7) is 2.34. The predicted octanol–water partition coefficient (Wildman–Crippen LogP) is 2.62. The molecule has 1 aromatic heterocycles. The molecule has 2 aromatic rings. The molecule has 118 valence electrons. The number of ether oxygens (including phenoxy) is 1. The number of aryl methyl sites for hydroxylation is 1. The van der Waals surface area contributed by atoms with Crippen molar-refractivity contribution in [3.63, 3.8) is 0 Å². The summed E-state index contributed by atoms with van der Waals surface area (Å²) in [6.07, 6.45) is 1.04. The van der Waals surface area contributed by atoms with Crippen molar-refractivity contribution < 1.29 is 18.3 Å². The topological polar surface area (TPSA) is 44.1 Å². The number of nitrogens with zero attached hydrogens (tertiary/aromatic N) is 2. The van der Waals surface area contributed by atoms with Crippen molar-refractivity contribution in [1.82, 2.24) is 9.78 Å². The molecule has 0 bridgehead atoms. The van der Waals surface area contributed by atoms with Crippen molar-refractivity contribution in [2.45, 2.75) is 13.3 Å². The molecule has 0 radical (unpaired) electrons. The van der Waals surface area contributed by atoms with Crippen LogP contribution in [0.25, 0.3) is 11.3 Å². The van der Waals surface area contributed by atoms with Gasteiger partial charge in [-0.15, -0.1) is 0 Å². The third kappa shape index (κ3) is 4.10. The minimum absolute atomic E-state index is 0.150.